The van der Waals surface area contributed by atoms with Gasteiger partial charge in [0.2, 0.25) is 10.0 Å². The molecule has 0 atom stereocenters. The zero-order valence-corrected chi connectivity index (χ0v) is 16.9. The maximum Gasteiger partial charge on any atom is 0.349 e. The summed E-state index contributed by atoms with van der Waals surface area (Å²) in [5.41, 5.74) is 1.90. The Morgan fingerprint density at radius 3 is 2.67 bits per heavy atom. The Bertz CT molecular complexity index is 904. The van der Waals surface area contributed by atoms with Crippen LogP contribution in [-0.4, -0.2) is 59.2 Å². The van der Waals surface area contributed by atoms with Crippen molar-refractivity contribution in [3.05, 3.63) is 46.2 Å². The highest BCUT2D eigenvalue weighted by molar-refractivity contribution is 7.89. The average Bonchev–Trinajstić information content (AvgIpc) is 3.19. The molecule has 2 heterocycles. The number of benzene rings is 1. The van der Waals surface area contributed by atoms with Crippen LogP contribution in [-0.2, 0) is 26.0 Å². The van der Waals surface area contributed by atoms with E-state index in [1.165, 1.54) is 24.5 Å². The number of ether oxygens (including phenoxy) is 2. The average molecular weight is 411 g/mol. The molecule has 0 spiro atoms. The summed E-state index contributed by atoms with van der Waals surface area (Å²) in [6.07, 6.45) is 0. The van der Waals surface area contributed by atoms with Crippen molar-refractivity contribution in [2.24, 2.45) is 0 Å². The van der Waals surface area contributed by atoms with Crippen molar-refractivity contribution in [1.29, 1.82) is 0 Å². The van der Waals surface area contributed by atoms with Gasteiger partial charge in [0.25, 0.3) is 0 Å². The fourth-order valence-corrected chi connectivity index (χ4v) is 5.45. The van der Waals surface area contributed by atoms with Gasteiger partial charge in [0, 0.05) is 32.4 Å². The molecular weight excluding hydrogens is 388 g/mol. The number of morpholine rings is 1. The molecule has 0 N–H and O–H groups in total. The van der Waals surface area contributed by atoms with E-state index in [1.807, 2.05) is 24.3 Å². The maximum absolute atomic E-state index is 13.0. The van der Waals surface area contributed by atoms with Crippen LogP contribution in [0.1, 0.15) is 15.2 Å². The summed E-state index contributed by atoms with van der Waals surface area (Å²) in [4.78, 5) is 14.1. The second kappa shape index (κ2) is 8.39. The number of para-hydroxylation sites is 1. The molecule has 0 radical (unpaired) electrons. The fraction of sp³-hybridized carbons (Fsp3) is 0.389. The number of esters is 1. The molecule has 2 aromatic rings. The van der Waals surface area contributed by atoms with Gasteiger partial charge in [-0.05, 0) is 23.1 Å². The molecule has 27 heavy (non-hydrogen) atoms. The van der Waals surface area contributed by atoms with Gasteiger partial charge in [-0.1, -0.05) is 18.2 Å². The van der Waals surface area contributed by atoms with Gasteiger partial charge in [0.05, 0.1) is 20.3 Å². The van der Waals surface area contributed by atoms with Gasteiger partial charge in [-0.2, -0.15) is 4.31 Å². The summed E-state index contributed by atoms with van der Waals surface area (Å²) < 4.78 is 37.4. The van der Waals surface area contributed by atoms with Crippen LogP contribution in [0.2, 0.25) is 0 Å². The second-order valence-electron chi connectivity index (χ2n) is 6.09. The van der Waals surface area contributed by atoms with Crippen LogP contribution >= 0.6 is 11.3 Å². The van der Waals surface area contributed by atoms with Crippen molar-refractivity contribution in [1.82, 2.24) is 4.31 Å². The number of thiophene rings is 1. The van der Waals surface area contributed by atoms with E-state index in [2.05, 4.69) is 4.90 Å². The third kappa shape index (κ3) is 4.16. The minimum atomic E-state index is -3.83. The van der Waals surface area contributed by atoms with Crippen molar-refractivity contribution >= 4 is 33.0 Å². The van der Waals surface area contributed by atoms with Gasteiger partial charge < -0.3 is 14.4 Å². The maximum atomic E-state index is 13.0. The van der Waals surface area contributed by atoms with Crippen LogP contribution in [0.3, 0.4) is 0 Å². The zero-order valence-electron chi connectivity index (χ0n) is 15.3. The molecule has 0 bridgehead atoms. The van der Waals surface area contributed by atoms with E-state index in [0.29, 0.717) is 13.2 Å². The molecule has 1 aromatic carbocycles. The van der Waals surface area contributed by atoms with Crippen LogP contribution < -0.4 is 4.90 Å². The SMILES string of the molecule is COC(=O)c1sccc1S(=O)(=O)N(C)Cc1ccccc1N1CCOCC1. The smallest absolute Gasteiger partial charge is 0.349 e. The van der Waals surface area contributed by atoms with Crippen LogP contribution in [0.15, 0.2) is 40.6 Å². The fourth-order valence-electron chi connectivity index (χ4n) is 2.99. The Balaban J connectivity index is 1.86. The predicted molar refractivity (Wildman–Crippen MR) is 104 cm³/mol. The van der Waals surface area contributed by atoms with Crippen LogP contribution in [0.4, 0.5) is 5.69 Å². The number of anilines is 1. The van der Waals surface area contributed by atoms with E-state index < -0.39 is 16.0 Å². The number of methoxy groups -OCH3 is 1. The van der Waals surface area contributed by atoms with Crippen molar-refractivity contribution in [2.75, 3.05) is 45.4 Å². The summed E-state index contributed by atoms with van der Waals surface area (Å²) in [5.74, 6) is -0.648. The number of nitrogens with zero attached hydrogens (tertiary/aromatic N) is 2. The molecule has 9 heteroatoms. The molecule has 1 aromatic heterocycles. The molecule has 0 unspecified atom stereocenters. The summed E-state index contributed by atoms with van der Waals surface area (Å²) in [6.45, 7) is 3.04. The standard InChI is InChI=1S/C18H22N2O5S2/c1-19(27(22,23)16-7-12-26-17(16)18(21)24-2)13-14-5-3-4-6-15(14)20-8-10-25-11-9-20/h3-7,12H,8-11,13H2,1-2H3. The molecule has 146 valence electrons. The lowest BCUT2D eigenvalue weighted by atomic mass is 10.1. The zero-order chi connectivity index (χ0) is 19.4. The lowest BCUT2D eigenvalue weighted by Crippen LogP contribution is -2.37. The molecule has 3 rings (SSSR count). The highest BCUT2D eigenvalue weighted by Crippen LogP contribution is 2.28. The topological polar surface area (TPSA) is 76.2 Å². The third-order valence-corrected chi connectivity index (χ3v) is 7.29. The van der Waals surface area contributed by atoms with Gasteiger partial charge >= 0.3 is 5.97 Å². The predicted octanol–water partition coefficient (Wildman–Crippen LogP) is 2.19. The summed E-state index contributed by atoms with van der Waals surface area (Å²) >= 11 is 1.06. The number of carbonyl (C=O) groups is 1. The number of hydrogen-bond donors (Lipinski definition) is 0. The Hall–Kier alpha value is -1.94. The van der Waals surface area contributed by atoms with Crippen LogP contribution in [0.25, 0.3) is 0 Å². The van der Waals surface area contributed by atoms with Crippen LogP contribution in [0, 0.1) is 0 Å². The largest absolute Gasteiger partial charge is 0.465 e. The minimum Gasteiger partial charge on any atom is -0.465 e. The van der Waals surface area contributed by atoms with Gasteiger partial charge in [-0.15, -0.1) is 11.3 Å². The Kier molecular flexibility index (Phi) is 6.15. The highest BCUT2D eigenvalue weighted by atomic mass is 32.2. The monoisotopic (exact) mass is 410 g/mol. The third-order valence-electron chi connectivity index (χ3n) is 4.42. The molecule has 7 nitrogen and oxygen atoms in total. The summed E-state index contributed by atoms with van der Waals surface area (Å²) in [6, 6.07) is 9.19. The van der Waals surface area contributed by atoms with E-state index in [-0.39, 0.29) is 16.3 Å². The van der Waals surface area contributed by atoms with E-state index in [4.69, 9.17) is 9.47 Å². The van der Waals surface area contributed by atoms with Gasteiger partial charge in [0.15, 0.2) is 0 Å². The van der Waals surface area contributed by atoms with Crippen LogP contribution in [0.5, 0.6) is 0 Å². The molecule has 0 saturated carbocycles. The minimum absolute atomic E-state index is 0.0225. The molecule has 1 aliphatic heterocycles. The first-order chi connectivity index (χ1) is 12.9. The second-order valence-corrected chi connectivity index (χ2v) is 9.02. The normalized spacial score (nSPS) is 15.1. The molecular formula is C18H22N2O5S2. The van der Waals surface area contributed by atoms with Gasteiger partial charge in [-0.3, -0.25) is 0 Å². The van der Waals surface area contributed by atoms with Crippen molar-refractivity contribution in [3.8, 4) is 0 Å². The van der Waals surface area contributed by atoms with E-state index in [1.54, 1.807) is 5.38 Å². The Morgan fingerprint density at radius 1 is 1.26 bits per heavy atom. The number of sulfonamides is 1. The lowest BCUT2D eigenvalue weighted by Gasteiger charge is -2.31. The molecule has 1 saturated heterocycles. The Morgan fingerprint density at radius 2 is 1.96 bits per heavy atom. The van der Waals surface area contributed by atoms with Crippen molar-refractivity contribution < 1.29 is 22.7 Å². The molecule has 1 aliphatic rings. The first-order valence-corrected chi connectivity index (χ1v) is 10.8. The molecule has 0 amide bonds. The highest BCUT2D eigenvalue weighted by Gasteiger charge is 2.29. The van der Waals surface area contributed by atoms with E-state index in [9.17, 15) is 13.2 Å². The van der Waals surface area contributed by atoms with Gasteiger partial charge in [-0.25, -0.2) is 13.2 Å². The number of hydrogen-bond acceptors (Lipinski definition) is 7. The van der Waals surface area contributed by atoms with E-state index >= 15 is 0 Å². The molecule has 0 aliphatic carbocycles. The summed E-state index contributed by atoms with van der Waals surface area (Å²) in [5, 5.41) is 1.58. The number of carbonyl (C=O) groups excluding carboxylic acids is 1. The molecule has 1 fully saturated rings. The lowest BCUT2D eigenvalue weighted by molar-refractivity contribution is 0.0602. The summed E-state index contributed by atoms with van der Waals surface area (Å²) in [7, 11) is -1.07. The Labute approximate surface area is 163 Å². The first-order valence-electron chi connectivity index (χ1n) is 8.48. The quantitative estimate of drug-likeness (QED) is 0.680. The van der Waals surface area contributed by atoms with Crippen molar-refractivity contribution in [3.63, 3.8) is 0 Å². The van der Waals surface area contributed by atoms with Crippen molar-refractivity contribution in [2.45, 2.75) is 11.4 Å². The first kappa shape index (κ1) is 19.8. The van der Waals surface area contributed by atoms with Gasteiger partial charge in [0.1, 0.15) is 9.77 Å². The number of rotatable bonds is 6. The van der Waals surface area contributed by atoms with E-state index in [0.717, 1.165) is 35.7 Å².